The van der Waals surface area contributed by atoms with E-state index in [4.69, 9.17) is 15.2 Å². The average molecular weight is 595 g/mol. The lowest BCUT2D eigenvalue weighted by Gasteiger charge is -2.37. The molecule has 1 unspecified atom stereocenters. The Labute approximate surface area is 243 Å². The van der Waals surface area contributed by atoms with Crippen LogP contribution < -0.4 is 25.4 Å². The van der Waals surface area contributed by atoms with Crippen LogP contribution in [-0.4, -0.2) is 41.9 Å². The number of hydrogen-bond donors (Lipinski definition) is 2. The second-order valence-corrected chi connectivity index (χ2v) is 12.5. The number of hydrogen-bond acceptors (Lipinski definition) is 12. The van der Waals surface area contributed by atoms with Gasteiger partial charge in [0.25, 0.3) is 0 Å². The fourth-order valence-corrected chi connectivity index (χ4v) is 7.45. The van der Waals surface area contributed by atoms with Gasteiger partial charge >= 0.3 is 0 Å². The number of ketones is 1. The van der Waals surface area contributed by atoms with Crippen LogP contribution in [0.2, 0.25) is 0 Å². The Bertz CT molecular complexity index is 1580. The molecule has 1 aromatic carbocycles. The van der Waals surface area contributed by atoms with Crippen molar-refractivity contribution < 1.29 is 19.1 Å². The minimum Gasteiger partial charge on any atom is -0.497 e. The predicted molar refractivity (Wildman–Crippen MR) is 156 cm³/mol. The first-order valence-corrected chi connectivity index (χ1v) is 15.0. The number of ether oxygens (including phenoxy) is 2. The molecule has 1 aliphatic heterocycles. The summed E-state index contributed by atoms with van der Waals surface area (Å²) in [5.41, 5.74) is 8.80. The van der Waals surface area contributed by atoms with E-state index in [1.54, 1.807) is 41.5 Å². The van der Waals surface area contributed by atoms with Gasteiger partial charge in [0.15, 0.2) is 10.1 Å². The first-order valence-electron chi connectivity index (χ1n) is 12.3. The van der Waals surface area contributed by atoms with Gasteiger partial charge in [-0.2, -0.15) is 5.26 Å². The molecule has 1 amide bonds. The minimum atomic E-state index is -0.484. The van der Waals surface area contributed by atoms with E-state index in [1.807, 2.05) is 19.1 Å². The van der Waals surface area contributed by atoms with Crippen molar-refractivity contribution >= 4 is 56.9 Å². The number of methoxy groups -OCH3 is 2. The Balaban J connectivity index is 1.38. The van der Waals surface area contributed by atoms with E-state index in [0.29, 0.717) is 57.1 Å². The monoisotopic (exact) mass is 594 g/mol. The molecule has 3 heterocycles. The van der Waals surface area contributed by atoms with Crippen molar-refractivity contribution in [2.45, 2.75) is 36.4 Å². The third kappa shape index (κ3) is 5.30. The number of anilines is 2. The summed E-state index contributed by atoms with van der Waals surface area (Å²) >= 11 is 4.04. The maximum atomic E-state index is 13.2. The van der Waals surface area contributed by atoms with Crippen LogP contribution >= 0.6 is 34.4 Å². The van der Waals surface area contributed by atoms with E-state index in [-0.39, 0.29) is 23.3 Å². The molecule has 5 rings (SSSR count). The molecule has 0 fully saturated rings. The van der Waals surface area contributed by atoms with Crippen molar-refractivity contribution in [3.8, 4) is 17.6 Å². The lowest BCUT2D eigenvalue weighted by molar-refractivity contribution is -0.116. The van der Waals surface area contributed by atoms with Gasteiger partial charge in [0, 0.05) is 33.5 Å². The van der Waals surface area contributed by atoms with Gasteiger partial charge in [0.1, 0.15) is 17.3 Å². The van der Waals surface area contributed by atoms with E-state index in [1.165, 1.54) is 30.2 Å². The van der Waals surface area contributed by atoms with Crippen molar-refractivity contribution in [2.75, 3.05) is 30.2 Å². The molecule has 1 aliphatic carbocycles. The Morgan fingerprint density at radius 2 is 2.05 bits per heavy atom. The Hall–Kier alpha value is -3.86. The highest BCUT2D eigenvalue weighted by Crippen LogP contribution is 2.48. The first kappa shape index (κ1) is 27.7. The summed E-state index contributed by atoms with van der Waals surface area (Å²) in [6.45, 7) is 1.99. The molecule has 3 N–H and O–H groups in total. The smallest absolute Gasteiger partial charge is 0.234 e. The fraction of sp³-hybridized carbons (Fsp3) is 0.296. The molecule has 40 heavy (non-hydrogen) atoms. The standard InChI is InChI=1S/C27H26N6O4S3/c1-14-7-10-21(39-14)23-16(12-28)25(29)33(18-5-4-6-19(34)24(18)23)26-31-32-27(40-26)38-13-22(35)30-17-11-15(36-2)8-9-20(17)37-3/h7-11,23H,4-6,13,29H2,1-3H3,(H,30,35). The molecule has 2 aromatic heterocycles. The lowest BCUT2D eigenvalue weighted by Crippen LogP contribution is -2.38. The number of nitriles is 1. The number of carbonyl (C=O) groups excluding carboxylic acids is 2. The van der Waals surface area contributed by atoms with E-state index in [2.05, 4.69) is 21.6 Å². The molecule has 13 heteroatoms. The van der Waals surface area contributed by atoms with Crippen LogP contribution in [0.15, 0.2) is 57.3 Å². The normalized spacial score (nSPS) is 17.0. The molecule has 1 atom stereocenters. The second-order valence-electron chi connectivity index (χ2n) is 9.02. The van der Waals surface area contributed by atoms with Gasteiger partial charge in [-0.1, -0.05) is 23.1 Å². The number of nitrogens with zero attached hydrogens (tertiary/aromatic N) is 4. The molecule has 10 nitrogen and oxygen atoms in total. The number of nitrogens with two attached hydrogens (primary N) is 1. The molecular formula is C27H26N6O4S3. The van der Waals surface area contributed by atoms with Gasteiger partial charge in [-0.25, -0.2) is 0 Å². The van der Waals surface area contributed by atoms with E-state index in [9.17, 15) is 14.9 Å². The lowest BCUT2D eigenvalue weighted by atomic mass is 9.78. The van der Waals surface area contributed by atoms with Crippen LogP contribution in [0.5, 0.6) is 11.5 Å². The van der Waals surface area contributed by atoms with E-state index < -0.39 is 5.92 Å². The number of nitrogens with one attached hydrogen (secondary N) is 1. The van der Waals surface area contributed by atoms with Gasteiger partial charge in [-0.3, -0.25) is 14.5 Å². The van der Waals surface area contributed by atoms with Gasteiger partial charge in [0.05, 0.1) is 43.2 Å². The molecule has 2 aliphatic rings. The predicted octanol–water partition coefficient (Wildman–Crippen LogP) is 4.96. The first-order chi connectivity index (χ1) is 19.3. The van der Waals surface area contributed by atoms with E-state index >= 15 is 0 Å². The number of carbonyl (C=O) groups is 2. The Kier molecular flexibility index (Phi) is 8.11. The maximum Gasteiger partial charge on any atom is 0.234 e. The molecule has 0 radical (unpaired) electrons. The largest absolute Gasteiger partial charge is 0.497 e. The second kappa shape index (κ2) is 11.7. The Morgan fingerprint density at radius 1 is 1.23 bits per heavy atom. The molecule has 0 saturated heterocycles. The van der Waals surface area contributed by atoms with Crippen molar-refractivity contribution in [1.29, 1.82) is 5.26 Å². The summed E-state index contributed by atoms with van der Waals surface area (Å²) < 4.78 is 11.1. The van der Waals surface area contributed by atoms with Crippen molar-refractivity contribution in [1.82, 2.24) is 10.2 Å². The van der Waals surface area contributed by atoms with Crippen molar-refractivity contribution in [2.24, 2.45) is 5.73 Å². The number of allylic oxidation sites excluding steroid dienone is 3. The number of rotatable bonds is 8. The van der Waals surface area contributed by atoms with E-state index in [0.717, 1.165) is 15.5 Å². The van der Waals surface area contributed by atoms with Crippen LogP contribution in [0.1, 0.15) is 34.9 Å². The summed E-state index contributed by atoms with van der Waals surface area (Å²) in [6.07, 6.45) is 1.75. The number of aromatic nitrogens is 2. The Morgan fingerprint density at radius 3 is 2.75 bits per heavy atom. The SMILES string of the molecule is COc1ccc(OC)c(NC(=O)CSc2nnc(N3C(N)=C(C#N)C(c4ccc(C)s4)C4=C3CCCC4=O)s2)c1. The highest BCUT2D eigenvalue weighted by molar-refractivity contribution is 8.01. The van der Waals surface area contributed by atoms with Crippen LogP contribution in [0.4, 0.5) is 10.8 Å². The number of aryl methyl sites for hydroxylation is 1. The average Bonchev–Trinajstić information content (AvgIpc) is 3.60. The third-order valence-electron chi connectivity index (χ3n) is 6.55. The molecule has 206 valence electrons. The van der Waals surface area contributed by atoms with Crippen LogP contribution in [0.3, 0.4) is 0 Å². The number of thiophene rings is 1. The van der Waals surface area contributed by atoms with Crippen LogP contribution in [0, 0.1) is 18.3 Å². The summed E-state index contributed by atoms with van der Waals surface area (Å²) in [5, 5.41) is 22.0. The molecular weight excluding hydrogens is 569 g/mol. The van der Waals surface area contributed by atoms with Gasteiger partial charge in [0.2, 0.25) is 11.0 Å². The summed E-state index contributed by atoms with van der Waals surface area (Å²) in [4.78, 5) is 29.7. The van der Waals surface area contributed by atoms with Gasteiger partial charge < -0.3 is 20.5 Å². The molecule has 3 aromatic rings. The maximum absolute atomic E-state index is 13.2. The summed E-state index contributed by atoms with van der Waals surface area (Å²) in [5.74, 6) is 0.716. The van der Waals surface area contributed by atoms with Gasteiger partial charge in [-0.05, 0) is 44.0 Å². The molecule has 0 spiro atoms. The fourth-order valence-electron chi connectivity index (χ4n) is 4.77. The molecule has 0 saturated carbocycles. The summed E-state index contributed by atoms with van der Waals surface area (Å²) in [6, 6.07) is 11.4. The number of Topliss-reactive ketones (excluding diaryl/α,β-unsaturated/α-hetero) is 1. The highest BCUT2D eigenvalue weighted by Gasteiger charge is 2.41. The third-order valence-corrected chi connectivity index (χ3v) is 9.66. The number of benzene rings is 1. The highest BCUT2D eigenvalue weighted by atomic mass is 32.2. The number of thioether (sulfide) groups is 1. The zero-order valence-electron chi connectivity index (χ0n) is 22.0. The van der Waals surface area contributed by atoms with Crippen molar-refractivity contribution in [3.63, 3.8) is 0 Å². The zero-order valence-corrected chi connectivity index (χ0v) is 24.5. The van der Waals surface area contributed by atoms with Crippen LogP contribution in [-0.2, 0) is 9.59 Å². The van der Waals surface area contributed by atoms with Gasteiger partial charge in [-0.15, -0.1) is 21.5 Å². The topological polar surface area (TPSA) is 143 Å². The van der Waals surface area contributed by atoms with Crippen molar-refractivity contribution in [3.05, 3.63) is 62.8 Å². The summed E-state index contributed by atoms with van der Waals surface area (Å²) in [7, 11) is 3.07. The van der Waals surface area contributed by atoms with Crippen LogP contribution in [0.25, 0.3) is 0 Å². The molecule has 0 bridgehead atoms. The zero-order chi connectivity index (χ0) is 28.4. The minimum absolute atomic E-state index is 0.0197. The quantitative estimate of drug-likeness (QED) is 0.343. The number of amides is 1.